The molecule has 0 saturated carbocycles. The number of imide groups is 1. The molecule has 0 spiro atoms. The Labute approximate surface area is 157 Å². The number of hydrogen-bond donors (Lipinski definition) is 2. The molecule has 1 aromatic carbocycles. The summed E-state index contributed by atoms with van der Waals surface area (Å²) in [6, 6.07) is 6.58. The smallest absolute Gasteiger partial charge is 0.261 e. The van der Waals surface area contributed by atoms with Gasteiger partial charge >= 0.3 is 0 Å². The minimum Gasteiger partial charge on any atom is -0.354 e. The molecule has 1 aromatic rings. The molecule has 8 heteroatoms. The van der Waals surface area contributed by atoms with E-state index in [9.17, 15) is 19.2 Å². The van der Waals surface area contributed by atoms with Crippen molar-refractivity contribution >= 4 is 35.2 Å². The van der Waals surface area contributed by atoms with E-state index in [-0.39, 0.29) is 55.6 Å². The first-order valence-corrected chi connectivity index (χ1v) is 8.87. The number of benzene rings is 1. The number of rotatable bonds is 8. The van der Waals surface area contributed by atoms with Crippen molar-refractivity contribution in [3.63, 3.8) is 0 Å². The summed E-state index contributed by atoms with van der Waals surface area (Å²) in [5.74, 6) is -1.05. The van der Waals surface area contributed by atoms with Crippen LogP contribution in [0.4, 0.5) is 0 Å². The first kappa shape index (κ1) is 19.9. The van der Waals surface area contributed by atoms with Gasteiger partial charge in [0.25, 0.3) is 11.8 Å². The predicted octanol–water partition coefficient (Wildman–Crippen LogP) is 1.17. The molecule has 0 radical (unpaired) electrons. The van der Waals surface area contributed by atoms with Crippen LogP contribution in [-0.2, 0) is 9.59 Å². The van der Waals surface area contributed by atoms with E-state index < -0.39 is 5.41 Å². The second kappa shape index (κ2) is 8.31. The highest BCUT2D eigenvalue weighted by Crippen LogP contribution is 2.22. The largest absolute Gasteiger partial charge is 0.354 e. The van der Waals surface area contributed by atoms with Crippen molar-refractivity contribution in [3.8, 4) is 0 Å². The van der Waals surface area contributed by atoms with Gasteiger partial charge in [0.1, 0.15) is 0 Å². The fourth-order valence-electron chi connectivity index (χ4n) is 2.42. The zero-order valence-electron chi connectivity index (χ0n) is 14.8. The highest BCUT2D eigenvalue weighted by Gasteiger charge is 2.34. The molecule has 26 heavy (non-hydrogen) atoms. The summed E-state index contributed by atoms with van der Waals surface area (Å²) < 4.78 is 0. The number of halogens is 1. The maximum absolute atomic E-state index is 12.2. The summed E-state index contributed by atoms with van der Waals surface area (Å²) in [6.07, 6.45) is 0.00654. The van der Waals surface area contributed by atoms with Crippen LogP contribution in [0.15, 0.2) is 24.3 Å². The average Bonchev–Trinajstić information content (AvgIpc) is 2.87. The number of amides is 4. The van der Waals surface area contributed by atoms with Gasteiger partial charge in [-0.3, -0.25) is 24.1 Å². The molecule has 140 valence electrons. The normalized spacial score (nSPS) is 13.6. The van der Waals surface area contributed by atoms with Crippen molar-refractivity contribution in [3.05, 3.63) is 35.4 Å². The van der Waals surface area contributed by atoms with Crippen LogP contribution in [-0.4, -0.2) is 54.0 Å². The number of hydrogen-bond acceptors (Lipinski definition) is 4. The van der Waals surface area contributed by atoms with E-state index in [2.05, 4.69) is 10.6 Å². The van der Waals surface area contributed by atoms with Crippen molar-refractivity contribution in [2.75, 3.05) is 25.5 Å². The Morgan fingerprint density at radius 2 is 1.58 bits per heavy atom. The minimum absolute atomic E-state index is 0.00654. The summed E-state index contributed by atoms with van der Waals surface area (Å²) in [5, 5.41) is 5.34. The number of carbonyl (C=O) groups is 4. The van der Waals surface area contributed by atoms with Gasteiger partial charge in [0.05, 0.1) is 16.5 Å². The highest BCUT2D eigenvalue weighted by molar-refractivity contribution is 6.21. The van der Waals surface area contributed by atoms with Gasteiger partial charge in [-0.1, -0.05) is 12.1 Å². The Morgan fingerprint density at radius 3 is 2.12 bits per heavy atom. The average molecular weight is 380 g/mol. The maximum Gasteiger partial charge on any atom is 0.261 e. The van der Waals surface area contributed by atoms with Crippen LogP contribution < -0.4 is 10.6 Å². The molecular formula is C18H22ClN3O4. The molecule has 0 aromatic heterocycles. The molecule has 2 rings (SSSR count). The third kappa shape index (κ3) is 4.40. The standard InChI is InChI=1S/C18H22ClN3O4/c1-18(2,11-19)17(26)21-9-8-20-14(23)7-10-22-15(24)12-5-3-4-6-13(12)16(22)25/h3-6H,7-11H2,1-2H3,(H,20,23)(H,21,26). The van der Waals surface area contributed by atoms with Crippen molar-refractivity contribution in [2.45, 2.75) is 20.3 Å². The summed E-state index contributed by atoms with van der Waals surface area (Å²) in [4.78, 5) is 49.2. The molecule has 7 nitrogen and oxygen atoms in total. The molecule has 1 heterocycles. The number of carbonyl (C=O) groups excluding carboxylic acids is 4. The molecule has 0 atom stereocenters. The molecular weight excluding hydrogens is 358 g/mol. The number of nitrogens with zero attached hydrogens (tertiary/aromatic N) is 1. The van der Waals surface area contributed by atoms with Crippen molar-refractivity contribution in [2.24, 2.45) is 5.41 Å². The van der Waals surface area contributed by atoms with Crippen molar-refractivity contribution in [1.82, 2.24) is 15.5 Å². The first-order chi connectivity index (χ1) is 12.3. The zero-order valence-corrected chi connectivity index (χ0v) is 15.6. The summed E-state index contributed by atoms with van der Waals surface area (Å²) in [7, 11) is 0. The fourth-order valence-corrected chi connectivity index (χ4v) is 2.54. The third-order valence-corrected chi connectivity index (χ3v) is 4.79. The summed E-state index contributed by atoms with van der Waals surface area (Å²) in [5.41, 5.74) is 0.0573. The zero-order chi connectivity index (χ0) is 19.3. The van der Waals surface area contributed by atoms with E-state index in [1.807, 2.05) is 0 Å². The molecule has 0 unspecified atom stereocenters. The molecule has 1 aliphatic heterocycles. The van der Waals surface area contributed by atoms with Gasteiger partial charge in [0.2, 0.25) is 11.8 Å². The Kier molecular flexibility index (Phi) is 6.37. The predicted molar refractivity (Wildman–Crippen MR) is 96.9 cm³/mol. The van der Waals surface area contributed by atoms with E-state index in [0.717, 1.165) is 4.90 Å². The quantitative estimate of drug-likeness (QED) is 0.402. The van der Waals surface area contributed by atoms with Crippen LogP contribution in [0.1, 0.15) is 41.0 Å². The number of alkyl halides is 1. The molecule has 0 bridgehead atoms. The van der Waals surface area contributed by atoms with Gasteiger partial charge in [-0.2, -0.15) is 0 Å². The van der Waals surface area contributed by atoms with Gasteiger partial charge in [-0.05, 0) is 26.0 Å². The summed E-state index contributed by atoms with van der Waals surface area (Å²) >= 11 is 5.72. The Morgan fingerprint density at radius 1 is 1.04 bits per heavy atom. The van der Waals surface area contributed by atoms with Crippen LogP contribution in [0.3, 0.4) is 0 Å². The molecule has 1 aliphatic rings. The van der Waals surface area contributed by atoms with Crippen LogP contribution in [0, 0.1) is 5.41 Å². The van der Waals surface area contributed by atoms with E-state index >= 15 is 0 Å². The Hall–Kier alpha value is -2.41. The SMILES string of the molecule is CC(C)(CCl)C(=O)NCCNC(=O)CCN1C(=O)c2ccccc2C1=O. The Bertz CT molecular complexity index is 698. The van der Waals surface area contributed by atoms with Gasteiger partial charge < -0.3 is 10.6 Å². The lowest BCUT2D eigenvalue weighted by atomic mass is 9.95. The maximum atomic E-state index is 12.2. The Balaban J connectivity index is 1.73. The van der Waals surface area contributed by atoms with E-state index in [1.54, 1.807) is 38.1 Å². The van der Waals surface area contributed by atoms with Crippen LogP contribution >= 0.6 is 11.6 Å². The van der Waals surface area contributed by atoms with Crippen molar-refractivity contribution < 1.29 is 19.2 Å². The minimum atomic E-state index is -0.670. The van der Waals surface area contributed by atoms with Crippen LogP contribution in [0.5, 0.6) is 0 Å². The van der Waals surface area contributed by atoms with Gasteiger partial charge in [0.15, 0.2) is 0 Å². The molecule has 0 fully saturated rings. The first-order valence-electron chi connectivity index (χ1n) is 8.34. The van der Waals surface area contributed by atoms with E-state index in [1.165, 1.54) is 0 Å². The van der Waals surface area contributed by atoms with Crippen molar-refractivity contribution in [1.29, 1.82) is 0 Å². The topological polar surface area (TPSA) is 95.6 Å². The lowest BCUT2D eigenvalue weighted by molar-refractivity contribution is -0.128. The third-order valence-electron chi connectivity index (χ3n) is 4.12. The number of fused-ring (bicyclic) bond motifs is 1. The van der Waals surface area contributed by atoms with Gasteiger partial charge in [-0.15, -0.1) is 11.6 Å². The lowest BCUT2D eigenvalue weighted by Crippen LogP contribution is -2.42. The van der Waals surface area contributed by atoms with E-state index in [4.69, 9.17) is 11.6 Å². The highest BCUT2D eigenvalue weighted by atomic mass is 35.5. The van der Waals surface area contributed by atoms with Gasteiger partial charge in [0, 0.05) is 31.9 Å². The second-order valence-corrected chi connectivity index (χ2v) is 6.95. The molecule has 0 saturated heterocycles. The second-order valence-electron chi connectivity index (χ2n) is 6.68. The molecule has 4 amide bonds. The molecule has 2 N–H and O–H groups in total. The lowest BCUT2D eigenvalue weighted by Gasteiger charge is -2.20. The fraction of sp³-hybridized carbons (Fsp3) is 0.444. The van der Waals surface area contributed by atoms with Crippen LogP contribution in [0.25, 0.3) is 0 Å². The van der Waals surface area contributed by atoms with E-state index in [0.29, 0.717) is 11.1 Å². The van der Waals surface area contributed by atoms with Crippen LogP contribution in [0.2, 0.25) is 0 Å². The monoisotopic (exact) mass is 379 g/mol. The van der Waals surface area contributed by atoms with Gasteiger partial charge in [-0.25, -0.2) is 0 Å². The molecule has 0 aliphatic carbocycles. The summed E-state index contributed by atoms with van der Waals surface area (Å²) in [6.45, 7) is 4.01. The number of nitrogens with one attached hydrogen (secondary N) is 2.